The highest BCUT2D eigenvalue weighted by Crippen LogP contribution is 2.32. The SMILES string of the molecule is CCCCCC(=O)Oc1ccc(C[C@](NC(C)CC)(OC(=O)OCC)C(=O)O)cc1OC(=O)CCCCC. The third-order valence-corrected chi connectivity index (χ3v) is 5.83. The molecule has 0 fully saturated rings. The second-order valence-corrected chi connectivity index (χ2v) is 9.19. The number of aliphatic carboxylic acids is 1. The van der Waals surface area contributed by atoms with E-state index in [1.54, 1.807) is 13.8 Å². The number of hydrogen-bond acceptors (Lipinski definition) is 9. The van der Waals surface area contributed by atoms with Crippen LogP contribution in [0.4, 0.5) is 4.79 Å². The third kappa shape index (κ3) is 11.5. The van der Waals surface area contributed by atoms with Crippen molar-refractivity contribution in [3.8, 4) is 11.5 Å². The Balaban J connectivity index is 3.34. The normalized spacial score (nSPS) is 13.2. The third-order valence-electron chi connectivity index (χ3n) is 5.83. The first kappa shape index (κ1) is 32.9. The van der Waals surface area contributed by atoms with E-state index in [1.807, 2.05) is 20.8 Å². The van der Waals surface area contributed by atoms with Crippen molar-refractivity contribution in [2.24, 2.45) is 0 Å². The summed E-state index contributed by atoms with van der Waals surface area (Å²) in [5.74, 6) is -2.33. The van der Waals surface area contributed by atoms with Crippen LogP contribution in [0.5, 0.6) is 11.5 Å². The van der Waals surface area contributed by atoms with Crippen LogP contribution in [0.15, 0.2) is 18.2 Å². The van der Waals surface area contributed by atoms with Crippen molar-refractivity contribution < 1.29 is 43.2 Å². The van der Waals surface area contributed by atoms with Crippen LogP contribution in [-0.2, 0) is 30.3 Å². The fourth-order valence-electron chi connectivity index (χ4n) is 3.59. The Labute approximate surface area is 225 Å². The van der Waals surface area contributed by atoms with E-state index in [0.717, 1.165) is 25.7 Å². The lowest BCUT2D eigenvalue weighted by molar-refractivity contribution is -0.167. The average molecular weight is 538 g/mol. The highest BCUT2D eigenvalue weighted by atomic mass is 16.7. The molecule has 10 heteroatoms. The minimum absolute atomic E-state index is 0.00759. The van der Waals surface area contributed by atoms with Gasteiger partial charge < -0.3 is 24.1 Å². The number of ether oxygens (including phenoxy) is 4. The average Bonchev–Trinajstić information content (AvgIpc) is 2.85. The molecule has 1 aromatic carbocycles. The van der Waals surface area contributed by atoms with Crippen molar-refractivity contribution in [2.45, 2.75) is 111 Å². The van der Waals surface area contributed by atoms with Gasteiger partial charge in [0.05, 0.1) is 6.61 Å². The van der Waals surface area contributed by atoms with E-state index in [9.17, 15) is 24.3 Å². The lowest BCUT2D eigenvalue weighted by Gasteiger charge is -2.32. The van der Waals surface area contributed by atoms with Gasteiger partial charge in [0.2, 0.25) is 0 Å². The van der Waals surface area contributed by atoms with Crippen molar-refractivity contribution in [3.05, 3.63) is 23.8 Å². The van der Waals surface area contributed by atoms with E-state index in [-0.39, 0.29) is 43.4 Å². The number of nitrogens with one attached hydrogen (secondary N) is 1. The van der Waals surface area contributed by atoms with E-state index in [0.29, 0.717) is 24.8 Å². The fraction of sp³-hybridized carbons (Fsp3) is 0.643. The van der Waals surface area contributed by atoms with E-state index in [1.165, 1.54) is 18.2 Å². The first-order valence-corrected chi connectivity index (χ1v) is 13.5. The van der Waals surface area contributed by atoms with Crippen molar-refractivity contribution in [1.29, 1.82) is 0 Å². The lowest BCUT2D eigenvalue weighted by Crippen LogP contribution is -2.59. The molecule has 0 aliphatic heterocycles. The predicted octanol–water partition coefficient (Wildman–Crippen LogP) is 5.54. The molecule has 0 radical (unpaired) electrons. The Morgan fingerprint density at radius 1 is 0.895 bits per heavy atom. The molecule has 0 amide bonds. The molecule has 10 nitrogen and oxygen atoms in total. The van der Waals surface area contributed by atoms with Gasteiger partial charge in [0, 0.05) is 25.3 Å². The monoisotopic (exact) mass is 537 g/mol. The van der Waals surface area contributed by atoms with Gasteiger partial charge in [-0.05, 0) is 50.8 Å². The van der Waals surface area contributed by atoms with Gasteiger partial charge in [-0.25, -0.2) is 9.59 Å². The molecule has 38 heavy (non-hydrogen) atoms. The van der Waals surface area contributed by atoms with Crippen LogP contribution in [0.3, 0.4) is 0 Å². The van der Waals surface area contributed by atoms with Crippen LogP contribution in [-0.4, -0.2) is 47.5 Å². The van der Waals surface area contributed by atoms with Crippen molar-refractivity contribution in [3.63, 3.8) is 0 Å². The highest BCUT2D eigenvalue weighted by molar-refractivity contribution is 5.81. The Morgan fingerprint density at radius 3 is 1.97 bits per heavy atom. The van der Waals surface area contributed by atoms with Crippen LogP contribution in [0.2, 0.25) is 0 Å². The number of benzene rings is 1. The second kappa shape index (κ2) is 17.4. The molecule has 0 bridgehead atoms. The summed E-state index contributed by atoms with van der Waals surface area (Å²) in [6.45, 7) is 9.25. The van der Waals surface area contributed by atoms with Crippen molar-refractivity contribution in [2.75, 3.05) is 6.61 Å². The molecule has 0 spiro atoms. The molecule has 1 unspecified atom stereocenters. The molecular weight excluding hydrogens is 494 g/mol. The Kier molecular flexibility index (Phi) is 15.0. The zero-order valence-electron chi connectivity index (χ0n) is 23.3. The standard InChI is InChI=1S/C28H43NO9/c1-6-10-12-14-24(30)36-22-17-16-21(18-23(22)37-25(31)15-13-11-7-2)19-28(26(32)33,29-20(5)8-3)38-27(34)35-9-4/h16-18,20,29H,6-15,19H2,1-5H3,(H,32,33)/t20?,28-/m0/s1. The first-order valence-electron chi connectivity index (χ1n) is 13.5. The smallest absolute Gasteiger partial charge is 0.477 e. The van der Waals surface area contributed by atoms with Gasteiger partial charge in [0.15, 0.2) is 11.5 Å². The van der Waals surface area contributed by atoms with Gasteiger partial charge in [-0.15, -0.1) is 0 Å². The maximum absolute atomic E-state index is 12.5. The van der Waals surface area contributed by atoms with E-state index >= 15 is 0 Å². The van der Waals surface area contributed by atoms with E-state index in [4.69, 9.17) is 18.9 Å². The molecule has 0 saturated heterocycles. The minimum atomic E-state index is -2.15. The highest BCUT2D eigenvalue weighted by Gasteiger charge is 2.44. The maximum Gasteiger partial charge on any atom is 0.510 e. The molecule has 0 aliphatic rings. The number of unbranched alkanes of at least 4 members (excludes halogenated alkanes) is 4. The molecule has 0 aromatic heterocycles. The topological polar surface area (TPSA) is 137 Å². The van der Waals surface area contributed by atoms with Crippen LogP contribution < -0.4 is 14.8 Å². The van der Waals surface area contributed by atoms with Crippen LogP contribution in [0.25, 0.3) is 0 Å². The van der Waals surface area contributed by atoms with Crippen LogP contribution in [0, 0.1) is 0 Å². The van der Waals surface area contributed by atoms with Crippen LogP contribution in [0.1, 0.15) is 98.0 Å². The quantitative estimate of drug-likeness (QED) is 0.106. The zero-order valence-corrected chi connectivity index (χ0v) is 23.3. The molecule has 2 atom stereocenters. The summed E-state index contributed by atoms with van der Waals surface area (Å²) in [4.78, 5) is 49.4. The van der Waals surface area contributed by atoms with Gasteiger partial charge >= 0.3 is 24.1 Å². The number of carbonyl (C=O) groups is 4. The van der Waals surface area contributed by atoms with Crippen molar-refractivity contribution >= 4 is 24.1 Å². The Morgan fingerprint density at radius 2 is 1.47 bits per heavy atom. The number of hydrogen-bond donors (Lipinski definition) is 2. The predicted molar refractivity (Wildman–Crippen MR) is 141 cm³/mol. The number of carbonyl (C=O) groups excluding carboxylic acids is 3. The van der Waals surface area contributed by atoms with Gasteiger partial charge in [-0.1, -0.05) is 52.5 Å². The molecule has 0 heterocycles. The number of carboxylic acids is 1. The summed E-state index contributed by atoms with van der Waals surface area (Å²) in [6.07, 6.45) is 4.48. The molecule has 0 aliphatic carbocycles. The van der Waals surface area contributed by atoms with Gasteiger partial charge in [-0.2, -0.15) is 0 Å². The van der Waals surface area contributed by atoms with E-state index in [2.05, 4.69) is 5.32 Å². The summed E-state index contributed by atoms with van der Waals surface area (Å²) in [7, 11) is 0. The van der Waals surface area contributed by atoms with Gasteiger partial charge in [0.1, 0.15) is 0 Å². The van der Waals surface area contributed by atoms with Gasteiger partial charge in [-0.3, -0.25) is 14.9 Å². The molecule has 0 saturated carbocycles. The fourth-order valence-corrected chi connectivity index (χ4v) is 3.59. The van der Waals surface area contributed by atoms with Crippen LogP contribution >= 0.6 is 0 Å². The molecule has 2 N–H and O–H groups in total. The summed E-state index contributed by atoms with van der Waals surface area (Å²) >= 11 is 0. The summed E-state index contributed by atoms with van der Waals surface area (Å²) < 4.78 is 21.1. The first-order chi connectivity index (χ1) is 18.1. The number of esters is 2. The van der Waals surface area contributed by atoms with Crippen molar-refractivity contribution in [1.82, 2.24) is 5.32 Å². The largest absolute Gasteiger partial charge is 0.510 e. The molecule has 214 valence electrons. The second-order valence-electron chi connectivity index (χ2n) is 9.19. The molecular formula is C28H43NO9. The maximum atomic E-state index is 12.5. The van der Waals surface area contributed by atoms with Gasteiger partial charge in [0.25, 0.3) is 5.72 Å². The summed E-state index contributed by atoms with van der Waals surface area (Å²) in [6, 6.07) is 4.09. The van der Waals surface area contributed by atoms with E-state index < -0.39 is 29.8 Å². The molecule has 1 aromatic rings. The summed E-state index contributed by atoms with van der Waals surface area (Å²) in [5.41, 5.74) is -1.78. The number of rotatable bonds is 18. The minimum Gasteiger partial charge on any atom is -0.477 e. The zero-order chi connectivity index (χ0) is 28.6. The summed E-state index contributed by atoms with van der Waals surface area (Å²) in [5, 5.41) is 13.0. The lowest BCUT2D eigenvalue weighted by atomic mass is 10.00. The Hall–Kier alpha value is -3.14. The molecule has 1 rings (SSSR count). The number of carboxylic acid groups (broad SMARTS) is 1. The Bertz CT molecular complexity index is 918.